The van der Waals surface area contributed by atoms with Crippen molar-refractivity contribution in [3.8, 4) is 5.75 Å². The molecule has 1 saturated heterocycles. The van der Waals surface area contributed by atoms with Crippen molar-refractivity contribution in [1.29, 1.82) is 0 Å². The Morgan fingerprint density at radius 1 is 1.14 bits per heavy atom. The molecule has 2 aromatic rings. The van der Waals surface area contributed by atoms with E-state index in [1.54, 1.807) is 24.0 Å². The second-order valence-electron chi connectivity index (χ2n) is 5.73. The van der Waals surface area contributed by atoms with Crippen LogP contribution >= 0.6 is 0 Å². The standard InChI is InChI=1S/C18H18FNO2/c1-12-3-5-14(6-4-12)18(21)20-10-16(11-20)22-15-7-8-17(19)13(2)9-15/h3-9,16H,10-11H2,1-2H3. The second kappa shape index (κ2) is 5.79. The molecule has 0 radical (unpaired) electrons. The Morgan fingerprint density at radius 3 is 2.45 bits per heavy atom. The molecule has 0 atom stereocenters. The first-order valence-corrected chi connectivity index (χ1v) is 7.31. The van der Waals surface area contributed by atoms with Crippen LogP contribution in [0.4, 0.5) is 4.39 Å². The summed E-state index contributed by atoms with van der Waals surface area (Å²) in [6.07, 6.45) is -0.0285. The van der Waals surface area contributed by atoms with Gasteiger partial charge in [0, 0.05) is 5.56 Å². The average Bonchev–Trinajstić information content (AvgIpc) is 2.46. The zero-order chi connectivity index (χ0) is 15.7. The normalized spacial score (nSPS) is 14.6. The van der Waals surface area contributed by atoms with Crippen LogP contribution in [0.15, 0.2) is 42.5 Å². The van der Waals surface area contributed by atoms with Crippen LogP contribution < -0.4 is 4.74 Å². The molecule has 22 heavy (non-hydrogen) atoms. The number of benzene rings is 2. The number of nitrogens with zero attached hydrogens (tertiary/aromatic N) is 1. The Balaban J connectivity index is 1.56. The second-order valence-corrected chi connectivity index (χ2v) is 5.73. The van der Waals surface area contributed by atoms with Crippen LogP contribution in [0.2, 0.25) is 0 Å². The van der Waals surface area contributed by atoms with Gasteiger partial charge >= 0.3 is 0 Å². The van der Waals surface area contributed by atoms with E-state index in [9.17, 15) is 9.18 Å². The van der Waals surface area contributed by atoms with Crippen LogP contribution in [0.1, 0.15) is 21.5 Å². The van der Waals surface area contributed by atoms with Gasteiger partial charge in [0.05, 0.1) is 13.1 Å². The molecule has 0 aliphatic carbocycles. The summed E-state index contributed by atoms with van der Waals surface area (Å²) in [5.41, 5.74) is 2.39. The summed E-state index contributed by atoms with van der Waals surface area (Å²) in [4.78, 5) is 14.0. The molecule has 114 valence electrons. The molecule has 1 fully saturated rings. The lowest BCUT2D eigenvalue weighted by atomic mass is 10.1. The van der Waals surface area contributed by atoms with Gasteiger partial charge < -0.3 is 9.64 Å². The number of likely N-dealkylation sites (tertiary alicyclic amines) is 1. The maximum Gasteiger partial charge on any atom is 0.254 e. The van der Waals surface area contributed by atoms with Crippen molar-refractivity contribution in [2.24, 2.45) is 0 Å². The molecule has 1 aliphatic rings. The van der Waals surface area contributed by atoms with Crippen molar-refractivity contribution in [3.63, 3.8) is 0 Å². The van der Waals surface area contributed by atoms with Gasteiger partial charge in [0.1, 0.15) is 17.7 Å². The number of carbonyl (C=O) groups excluding carboxylic acids is 1. The minimum absolute atomic E-state index is 0.0233. The number of rotatable bonds is 3. The summed E-state index contributed by atoms with van der Waals surface area (Å²) in [5.74, 6) is 0.429. The van der Waals surface area contributed by atoms with Gasteiger partial charge in [0.25, 0.3) is 5.91 Å². The van der Waals surface area contributed by atoms with Crippen molar-refractivity contribution in [2.75, 3.05) is 13.1 Å². The van der Waals surface area contributed by atoms with E-state index in [0.29, 0.717) is 30.0 Å². The van der Waals surface area contributed by atoms with Crippen LogP contribution in [0.25, 0.3) is 0 Å². The quantitative estimate of drug-likeness (QED) is 0.870. The fraction of sp³-hybridized carbons (Fsp3) is 0.278. The van der Waals surface area contributed by atoms with Crippen LogP contribution in [-0.4, -0.2) is 30.0 Å². The Morgan fingerprint density at radius 2 is 1.82 bits per heavy atom. The van der Waals surface area contributed by atoms with E-state index in [2.05, 4.69) is 0 Å². The summed E-state index contributed by atoms with van der Waals surface area (Å²) in [5, 5.41) is 0. The van der Waals surface area contributed by atoms with Gasteiger partial charge in [0.15, 0.2) is 0 Å². The molecule has 0 unspecified atom stereocenters. The first-order valence-electron chi connectivity index (χ1n) is 7.31. The van der Waals surface area contributed by atoms with Gasteiger partial charge in [-0.05, 0) is 49.7 Å². The molecule has 0 N–H and O–H groups in total. The van der Waals surface area contributed by atoms with Gasteiger partial charge in [-0.2, -0.15) is 0 Å². The third kappa shape index (κ3) is 2.96. The van der Waals surface area contributed by atoms with Crippen LogP contribution in [0.5, 0.6) is 5.75 Å². The summed E-state index contributed by atoms with van der Waals surface area (Å²) in [7, 11) is 0. The molecular formula is C18H18FNO2. The minimum atomic E-state index is -0.239. The Kier molecular flexibility index (Phi) is 3.84. The molecule has 0 spiro atoms. The molecule has 4 heteroatoms. The monoisotopic (exact) mass is 299 g/mol. The summed E-state index contributed by atoms with van der Waals surface area (Å²) in [6, 6.07) is 12.3. The first-order chi connectivity index (χ1) is 10.5. The molecule has 2 aromatic carbocycles. The molecule has 0 saturated carbocycles. The lowest BCUT2D eigenvalue weighted by molar-refractivity contribution is 0.0177. The largest absolute Gasteiger partial charge is 0.487 e. The van der Waals surface area contributed by atoms with E-state index >= 15 is 0 Å². The summed E-state index contributed by atoms with van der Waals surface area (Å²) >= 11 is 0. The average molecular weight is 299 g/mol. The molecule has 0 aromatic heterocycles. The molecule has 1 heterocycles. The fourth-order valence-electron chi connectivity index (χ4n) is 2.44. The van der Waals surface area contributed by atoms with E-state index in [4.69, 9.17) is 4.74 Å². The summed E-state index contributed by atoms with van der Waals surface area (Å²) < 4.78 is 19.0. The van der Waals surface area contributed by atoms with E-state index in [-0.39, 0.29) is 17.8 Å². The van der Waals surface area contributed by atoms with Gasteiger partial charge in [-0.3, -0.25) is 4.79 Å². The molecular weight excluding hydrogens is 281 g/mol. The van der Waals surface area contributed by atoms with Crippen LogP contribution in [-0.2, 0) is 0 Å². The summed E-state index contributed by atoms with van der Waals surface area (Å²) in [6.45, 7) is 4.81. The molecule has 1 aliphatic heterocycles. The fourth-order valence-corrected chi connectivity index (χ4v) is 2.44. The number of amides is 1. The molecule has 1 amide bonds. The van der Waals surface area contributed by atoms with Crippen LogP contribution in [0.3, 0.4) is 0 Å². The highest BCUT2D eigenvalue weighted by Gasteiger charge is 2.32. The minimum Gasteiger partial charge on any atom is -0.487 e. The smallest absolute Gasteiger partial charge is 0.254 e. The van der Waals surface area contributed by atoms with Gasteiger partial charge in [0.2, 0.25) is 0 Å². The zero-order valence-corrected chi connectivity index (χ0v) is 12.7. The zero-order valence-electron chi connectivity index (χ0n) is 12.7. The Hall–Kier alpha value is -2.36. The van der Waals surface area contributed by atoms with Crippen molar-refractivity contribution >= 4 is 5.91 Å². The van der Waals surface area contributed by atoms with Gasteiger partial charge in [-0.25, -0.2) is 4.39 Å². The lowest BCUT2D eigenvalue weighted by Crippen LogP contribution is -2.56. The van der Waals surface area contributed by atoms with Crippen LogP contribution in [0, 0.1) is 19.7 Å². The lowest BCUT2D eigenvalue weighted by Gasteiger charge is -2.39. The maximum absolute atomic E-state index is 13.2. The van der Waals surface area contributed by atoms with Crippen molar-refractivity contribution in [2.45, 2.75) is 20.0 Å². The molecule has 3 nitrogen and oxygen atoms in total. The number of hydrogen-bond donors (Lipinski definition) is 0. The van der Waals surface area contributed by atoms with E-state index < -0.39 is 0 Å². The van der Waals surface area contributed by atoms with Crippen molar-refractivity contribution < 1.29 is 13.9 Å². The van der Waals surface area contributed by atoms with E-state index in [0.717, 1.165) is 5.56 Å². The molecule has 3 rings (SSSR count). The number of halogens is 1. The number of aryl methyl sites for hydroxylation is 2. The van der Waals surface area contributed by atoms with Gasteiger partial charge in [-0.15, -0.1) is 0 Å². The first kappa shape index (κ1) is 14.6. The SMILES string of the molecule is Cc1ccc(C(=O)N2CC(Oc3ccc(F)c(C)c3)C2)cc1. The van der Waals surface area contributed by atoms with Crippen molar-refractivity contribution in [1.82, 2.24) is 4.90 Å². The molecule has 0 bridgehead atoms. The van der Waals surface area contributed by atoms with Crippen molar-refractivity contribution in [3.05, 3.63) is 65.0 Å². The highest BCUT2D eigenvalue weighted by molar-refractivity contribution is 5.94. The Bertz CT molecular complexity index is 691. The highest BCUT2D eigenvalue weighted by Crippen LogP contribution is 2.22. The predicted molar refractivity (Wildman–Crippen MR) is 82.6 cm³/mol. The topological polar surface area (TPSA) is 29.5 Å². The number of ether oxygens (including phenoxy) is 1. The predicted octanol–water partition coefficient (Wildman–Crippen LogP) is 3.35. The third-order valence-corrected chi connectivity index (χ3v) is 3.87. The number of hydrogen-bond acceptors (Lipinski definition) is 2. The van der Waals surface area contributed by atoms with E-state index in [1.807, 2.05) is 31.2 Å². The van der Waals surface area contributed by atoms with Gasteiger partial charge in [-0.1, -0.05) is 17.7 Å². The Labute approximate surface area is 129 Å². The highest BCUT2D eigenvalue weighted by atomic mass is 19.1. The third-order valence-electron chi connectivity index (χ3n) is 3.87. The maximum atomic E-state index is 13.2. The van der Waals surface area contributed by atoms with E-state index in [1.165, 1.54) is 6.07 Å². The number of carbonyl (C=O) groups is 1.